The van der Waals surface area contributed by atoms with E-state index in [1.165, 1.54) is 0 Å². The van der Waals surface area contributed by atoms with E-state index in [2.05, 4.69) is 15.9 Å². The second-order valence-electron chi connectivity index (χ2n) is 4.33. The van der Waals surface area contributed by atoms with E-state index in [1.54, 1.807) is 0 Å². The molecule has 0 spiro atoms. The van der Waals surface area contributed by atoms with Gasteiger partial charge in [-0.15, -0.1) is 0 Å². The summed E-state index contributed by atoms with van der Waals surface area (Å²) in [6, 6.07) is 2.29. The molecule has 0 saturated heterocycles. The summed E-state index contributed by atoms with van der Waals surface area (Å²) >= 11 is 2.29. The summed E-state index contributed by atoms with van der Waals surface area (Å²) in [5.41, 5.74) is -7.89. The largest absolute Gasteiger partial charge is 0.457 e. The molecule has 0 amide bonds. The van der Waals surface area contributed by atoms with Crippen molar-refractivity contribution in [1.82, 2.24) is 0 Å². The van der Waals surface area contributed by atoms with Crippen LogP contribution in [-0.2, 0) is 5.60 Å². The molecule has 1 rings (SSSR count). The summed E-state index contributed by atoms with van der Waals surface area (Å²) in [7, 11) is 0. The zero-order valence-corrected chi connectivity index (χ0v) is 12.0. The van der Waals surface area contributed by atoms with Gasteiger partial charge in [0.05, 0.1) is 0 Å². The lowest BCUT2D eigenvalue weighted by molar-refractivity contribution is -0.429. The molecule has 1 nitrogen and oxygen atoms in total. The van der Waals surface area contributed by atoms with Crippen molar-refractivity contribution in [2.75, 3.05) is 0 Å². The monoisotopic (exact) mass is 422 g/mol. The Morgan fingerprint density at radius 2 is 1.04 bits per heavy atom. The van der Waals surface area contributed by atoms with Crippen LogP contribution in [0, 0.1) is 0 Å². The lowest BCUT2D eigenvalue weighted by Crippen LogP contribution is -2.68. The fourth-order valence-corrected chi connectivity index (χ4v) is 2.27. The van der Waals surface area contributed by atoms with Crippen LogP contribution in [0.1, 0.15) is 5.56 Å². The minimum absolute atomic E-state index is 0.101. The first kappa shape index (κ1) is 20.0. The van der Waals surface area contributed by atoms with Crippen LogP contribution in [0.25, 0.3) is 0 Å². The van der Waals surface area contributed by atoms with Crippen molar-refractivity contribution >= 4 is 15.9 Å². The van der Waals surface area contributed by atoms with Crippen molar-refractivity contribution in [1.29, 1.82) is 0 Å². The number of benzene rings is 1. The molecule has 0 saturated carbocycles. The molecule has 0 unspecified atom stereocenters. The molecule has 23 heavy (non-hydrogen) atoms. The normalized spacial score (nSPS) is 15.0. The van der Waals surface area contributed by atoms with Gasteiger partial charge in [-0.25, -0.2) is 0 Å². The Kier molecular flexibility index (Phi) is 4.79. The lowest BCUT2D eigenvalue weighted by Gasteiger charge is -2.42. The third-order valence-corrected chi connectivity index (χ3v) is 3.58. The average molecular weight is 423 g/mol. The van der Waals surface area contributed by atoms with Gasteiger partial charge in [0, 0.05) is 10.0 Å². The Morgan fingerprint density at radius 1 is 0.696 bits per heavy atom. The van der Waals surface area contributed by atoms with Crippen molar-refractivity contribution in [3.63, 3.8) is 0 Å². The first-order valence-electron chi connectivity index (χ1n) is 5.38. The van der Waals surface area contributed by atoms with E-state index in [1.807, 2.05) is 0 Å². The van der Waals surface area contributed by atoms with Crippen LogP contribution in [0.4, 0.5) is 43.9 Å². The van der Waals surface area contributed by atoms with E-state index in [-0.39, 0.29) is 6.07 Å². The maximum Gasteiger partial charge on any atom is 0.457 e. The molecule has 0 bridgehead atoms. The highest BCUT2D eigenvalue weighted by Gasteiger charge is 2.85. The molecule has 1 N–H and O–H groups in total. The van der Waals surface area contributed by atoms with Gasteiger partial charge in [0.25, 0.3) is 0 Å². The number of hydrogen-bond donors (Lipinski definition) is 1. The Labute approximate surface area is 130 Å². The molecule has 0 aliphatic heterocycles. The van der Waals surface area contributed by atoms with Crippen LogP contribution in [-0.4, -0.2) is 29.3 Å². The van der Waals surface area contributed by atoms with Crippen molar-refractivity contribution in [3.8, 4) is 0 Å². The molecule has 12 heteroatoms. The third kappa shape index (κ3) is 2.79. The van der Waals surface area contributed by atoms with Crippen molar-refractivity contribution < 1.29 is 49.0 Å². The van der Waals surface area contributed by atoms with E-state index in [9.17, 15) is 49.0 Å². The minimum Gasteiger partial charge on any atom is -0.373 e. The molecular formula is C11H5BrF10O. The van der Waals surface area contributed by atoms with Crippen LogP contribution in [0.15, 0.2) is 28.7 Å². The van der Waals surface area contributed by atoms with Crippen LogP contribution in [0.2, 0.25) is 0 Å². The fraction of sp³-hybridized carbons (Fsp3) is 0.455. The van der Waals surface area contributed by atoms with Crippen LogP contribution in [0.3, 0.4) is 0 Å². The summed E-state index contributed by atoms with van der Waals surface area (Å²) in [5, 5.41) is 9.42. The zero-order valence-electron chi connectivity index (χ0n) is 10.4. The third-order valence-electron chi connectivity index (χ3n) is 2.88. The van der Waals surface area contributed by atoms with Gasteiger partial charge >= 0.3 is 24.2 Å². The van der Waals surface area contributed by atoms with E-state index in [0.717, 1.165) is 6.07 Å². The van der Waals surface area contributed by atoms with E-state index < -0.39 is 39.8 Å². The van der Waals surface area contributed by atoms with Crippen LogP contribution >= 0.6 is 15.9 Å². The Bertz CT molecular complexity index is 551. The molecule has 0 fully saturated rings. The zero-order chi connectivity index (χ0) is 18.5. The first-order valence-corrected chi connectivity index (χ1v) is 6.17. The van der Waals surface area contributed by atoms with Crippen LogP contribution in [0.5, 0.6) is 0 Å². The summed E-state index contributed by atoms with van der Waals surface area (Å²) < 4.78 is 128. The predicted molar refractivity (Wildman–Crippen MR) is 60.0 cm³/mol. The van der Waals surface area contributed by atoms with Crippen molar-refractivity contribution in [2.24, 2.45) is 0 Å². The molecule has 0 aliphatic carbocycles. The number of aliphatic hydroxyl groups is 1. The second-order valence-corrected chi connectivity index (χ2v) is 5.19. The first-order chi connectivity index (χ1) is 10.0. The lowest BCUT2D eigenvalue weighted by atomic mass is 9.80. The average Bonchev–Trinajstić information content (AvgIpc) is 2.35. The molecule has 1 aromatic carbocycles. The number of alkyl halides is 10. The topological polar surface area (TPSA) is 20.2 Å². The van der Waals surface area contributed by atoms with Gasteiger partial charge in [-0.1, -0.05) is 34.1 Å². The van der Waals surface area contributed by atoms with Gasteiger partial charge in [-0.05, 0) is 6.07 Å². The fourth-order valence-electron chi connectivity index (χ4n) is 1.70. The molecule has 1 aromatic rings. The molecule has 132 valence electrons. The highest BCUT2D eigenvalue weighted by molar-refractivity contribution is 9.10. The number of halogens is 11. The summed E-state index contributed by atoms with van der Waals surface area (Å²) in [6.07, 6.45) is -13.8. The standard InChI is InChI=1S/C11H5BrF10O/c12-6-4-2-1-3-5(6)7(23,8(13,14)10(17,18)19)9(15,16)11(20,21)22/h1-4,23H. The van der Waals surface area contributed by atoms with Gasteiger partial charge in [-0.3, -0.25) is 0 Å². The highest BCUT2D eigenvalue weighted by atomic mass is 79.9. The quantitative estimate of drug-likeness (QED) is 0.677. The molecule has 0 aromatic heterocycles. The highest BCUT2D eigenvalue weighted by Crippen LogP contribution is 2.60. The molecule has 0 heterocycles. The van der Waals surface area contributed by atoms with Crippen molar-refractivity contribution in [3.05, 3.63) is 34.3 Å². The van der Waals surface area contributed by atoms with Crippen LogP contribution < -0.4 is 0 Å². The van der Waals surface area contributed by atoms with Gasteiger partial charge in [-0.2, -0.15) is 43.9 Å². The molecular weight excluding hydrogens is 418 g/mol. The SMILES string of the molecule is OC(c1ccccc1Br)(C(F)(F)C(F)(F)F)C(F)(F)C(F)(F)F. The van der Waals surface area contributed by atoms with E-state index in [0.29, 0.717) is 12.1 Å². The van der Waals surface area contributed by atoms with Crippen molar-refractivity contribution in [2.45, 2.75) is 29.8 Å². The summed E-state index contributed by atoms with van der Waals surface area (Å²) in [5.74, 6) is -13.6. The smallest absolute Gasteiger partial charge is 0.373 e. The maximum absolute atomic E-state index is 13.5. The van der Waals surface area contributed by atoms with E-state index in [4.69, 9.17) is 0 Å². The van der Waals surface area contributed by atoms with Gasteiger partial charge in [0.1, 0.15) is 0 Å². The molecule has 0 aliphatic rings. The number of hydrogen-bond acceptors (Lipinski definition) is 1. The Hall–Kier alpha value is -1.04. The van der Waals surface area contributed by atoms with Gasteiger partial charge < -0.3 is 5.11 Å². The van der Waals surface area contributed by atoms with E-state index >= 15 is 0 Å². The minimum atomic E-state index is -6.88. The summed E-state index contributed by atoms with van der Waals surface area (Å²) in [6.45, 7) is 0. The number of rotatable bonds is 3. The molecule has 0 radical (unpaired) electrons. The summed E-state index contributed by atoms with van der Waals surface area (Å²) in [4.78, 5) is 0. The Morgan fingerprint density at radius 3 is 1.35 bits per heavy atom. The predicted octanol–water partition coefficient (Wildman–Crippen LogP) is 5.03. The Balaban J connectivity index is 3.88. The van der Waals surface area contributed by atoms with Gasteiger partial charge in [0.15, 0.2) is 0 Å². The van der Waals surface area contributed by atoms with Gasteiger partial charge in [0.2, 0.25) is 5.60 Å². The maximum atomic E-state index is 13.5. The second kappa shape index (κ2) is 5.50. The molecule has 0 atom stereocenters.